The SMILES string of the molecule is CC(=O)C1=C(O)C(=O)N(c2cccnc2)[C@@H]1c1ccc2c(c1)OCO2. The van der Waals surface area contributed by atoms with Gasteiger partial charge in [0.1, 0.15) is 0 Å². The van der Waals surface area contributed by atoms with Crippen molar-refractivity contribution in [3.63, 3.8) is 0 Å². The number of amides is 1. The van der Waals surface area contributed by atoms with Gasteiger partial charge in [0.05, 0.1) is 23.5 Å². The number of fused-ring (bicyclic) bond motifs is 1. The highest BCUT2D eigenvalue weighted by molar-refractivity contribution is 6.16. The number of rotatable bonds is 3. The number of pyridine rings is 1. The van der Waals surface area contributed by atoms with Crippen molar-refractivity contribution in [2.45, 2.75) is 13.0 Å². The van der Waals surface area contributed by atoms with Gasteiger partial charge in [-0.2, -0.15) is 0 Å². The second-order valence-electron chi connectivity index (χ2n) is 5.72. The van der Waals surface area contributed by atoms with Crippen molar-refractivity contribution in [1.29, 1.82) is 0 Å². The van der Waals surface area contributed by atoms with Crippen LogP contribution in [0, 0.1) is 0 Å². The van der Waals surface area contributed by atoms with Gasteiger partial charge in [0.25, 0.3) is 5.91 Å². The minimum Gasteiger partial charge on any atom is -0.503 e. The number of carbonyl (C=O) groups excluding carboxylic acids is 2. The Morgan fingerprint density at radius 3 is 2.80 bits per heavy atom. The van der Waals surface area contributed by atoms with Crippen LogP contribution in [0.2, 0.25) is 0 Å². The Balaban J connectivity index is 1.87. The van der Waals surface area contributed by atoms with Crippen LogP contribution in [-0.4, -0.2) is 28.6 Å². The molecular formula is C18H14N2O5. The maximum atomic E-state index is 12.6. The van der Waals surface area contributed by atoms with Crippen molar-refractivity contribution in [3.8, 4) is 11.5 Å². The van der Waals surface area contributed by atoms with E-state index in [-0.39, 0.29) is 18.1 Å². The summed E-state index contributed by atoms with van der Waals surface area (Å²) in [7, 11) is 0. The highest BCUT2D eigenvalue weighted by Crippen LogP contribution is 2.43. The van der Waals surface area contributed by atoms with E-state index in [1.165, 1.54) is 18.0 Å². The van der Waals surface area contributed by atoms with Crippen molar-refractivity contribution in [1.82, 2.24) is 4.98 Å². The summed E-state index contributed by atoms with van der Waals surface area (Å²) < 4.78 is 10.7. The number of aromatic nitrogens is 1. The number of ether oxygens (including phenoxy) is 2. The third-order valence-electron chi connectivity index (χ3n) is 4.22. The first-order chi connectivity index (χ1) is 12.1. The summed E-state index contributed by atoms with van der Waals surface area (Å²) in [6, 6.07) is 7.80. The molecular weight excluding hydrogens is 324 g/mol. The predicted molar refractivity (Wildman–Crippen MR) is 87.4 cm³/mol. The third-order valence-corrected chi connectivity index (χ3v) is 4.22. The van der Waals surface area contributed by atoms with Gasteiger partial charge in [-0.1, -0.05) is 6.07 Å². The molecule has 7 nitrogen and oxygen atoms in total. The van der Waals surface area contributed by atoms with Crippen molar-refractivity contribution >= 4 is 17.4 Å². The molecule has 0 radical (unpaired) electrons. The zero-order valence-corrected chi connectivity index (χ0v) is 13.3. The van der Waals surface area contributed by atoms with E-state index in [1.54, 1.807) is 36.5 Å². The number of aliphatic hydroxyl groups excluding tert-OH is 1. The summed E-state index contributed by atoms with van der Waals surface area (Å²) >= 11 is 0. The first-order valence-corrected chi connectivity index (χ1v) is 7.65. The second-order valence-corrected chi connectivity index (χ2v) is 5.72. The van der Waals surface area contributed by atoms with Crippen LogP contribution in [0.25, 0.3) is 0 Å². The van der Waals surface area contributed by atoms with Crippen LogP contribution in [0.1, 0.15) is 18.5 Å². The van der Waals surface area contributed by atoms with Gasteiger partial charge < -0.3 is 14.6 Å². The van der Waals surface area contributed by atoms with E-state index >= 15 is 0 Å². The Hall–Kier alpha value is -3.35. The first kappa shape index (κ1) is 15.2. The van der Waals surface area contributed by atoms with Crippen LogP contribution in [0.3, 0.4) is 0 Å². The number of carbonyl (C=O) groups is 2. The smallest absolute Gasteiger partial charge is 0.294 e. The molecule has 2 aliphatic heterocycles. The van der Waals surface area contributed by atoms with Crippen molar-refractivity contribution in [2.75, 3.05) is 11.7 Å². The number of benzene rings is 1. The molecule has 25 heavy (non-hydrogen) atoms. The summed E-state index contributed by atoms with van der Waals surface area (Å²) in [5.74, 6) is -0.427. The van der Waals surface area contributed by atoms with E-state index in [4.69, 9.17) is 9.47 Å². The number of Topliss-reactive ketones (excluding diaryl/α,β-unsaturated/α-hetero) is 1. The summed E-state index contributed by atoms with van der Waals surface area (Å²) in [4.78, 5) is 30.1. The first-order valence-electron chi connectivity index (χ1n) is 7.65. The quantitative estimate of drug-likeness (QED) is 0.924. The minimum atomic E-state index is -0.760. The molecule has 126 valence electrons. The average Bonchev–Trinajstić information content (AvgIpc) is 3.18. The van der Waals surface area contributed by atoms with Crippen molar-refractivity contribution in [2.24, 2.45) is 0 Å². The minimum absolute atomic E-state index is 0.0488. The highest BCUT2D eigenvalue weighted by atomic mass is 16.7. The molecule has 0 bridgehead atoms. The van der Waals surface area contributed by atoms with Gasteiger partial charge in [-0.05, 0) is 36.8 Å². The number of hydrogen-bond donors (Lipinski definition) is 1. The van der Waals surface area contributed by atoms with Gasteiger partial charge >= 0.3 is 0 Å². The Kier molecular flexibility index (Phi) is 3.42. The number of ketones is 1. The molecule has 0 fully saturated rings. The van der Waals surface area contributed by atoms with Gasteiger partial charge in [-0.25, -0.2) is 0 Å². The summed E-state index contributed by atoms with van der Waals surface area (Å²) in [5, 5.41) is 10.3. The van der Waals surface area contributed by atoms with Crippen LogP contribution in [0.15, 0.2) is 54.1 Å². The Morgan fingerprint density at radius 2 is 2.08 bits per heavy atom. The van der Waals surface area contributed by atoms with Crippen LogP contribution in [-0.2, 0) is 9.59 Å². The Morgan fingerprint density at radius 1 is 1.28 bits per heavy atom. The zero-order chi connectivity index (χ0) is 17.6. The van der Waals surface area contributed by atoms with E-state index < -0.39 is 17.7 Å². The summed E-state index contributed by atoms with van der Waals surface area (Å²) in [5.41, 5.74) is 1.17. The predicted octanol–water partition coefficient (Wildman–Crippen LogP) is 2.30. The van der Waals surface area contributed by atoms with E-state index in [0.29, 0.717) is 22.7 Å². The molecule has 0 unspecified atom stereocenters. The molecule has 4 rings (SSSR count). The van der Waals surface area contributed by atoms with Crippen molar-refractivity contribution in [3.05, 3.63) is 59.6 Å². The zero-order valence-electron chi connectivity index (χ0n) is 13.3. The normalized spacial score (nSPS) is 18.8. The van der Waals surface area contributed by atoms with Gasteiger partial charge in [0.2, 0.25) is 6.79 Å². The molecule has 1 N–H and O–H groups in total. The number of hydrogen-bond acceptors (Lipinski definition) is 6. The molecule has 0 spiro atoms. The fraction of sp³-hybridized carbons (Fsp3) is 0.167. The molecule has 1 amide bonds. The molecule has 3 heterocycles. The van der Waals surface area contributed by atoms with Gasteiger partial charge in [0, 0.05) is 6.20 Å². The number of aliphatic hydroxyl groups is 1. The van der Waals surface area contributed by atoms with Crippen LogP contribution in [0.5, 0.6) is 11.5 Å². The monoisotopic (exact) mass is 338 g/mol. The molecule has 0 aliphatic carbocycles. The molecule has 7 heteroatoms. The van der Waals surface area contributed by atoms with Crippen molar-refractivity contribution < 1.29 is 24.2 Å². The summed E-state index contributed by atoms with van der Waals surface area (Å²) in [6.45, 7) is 1.45. The molecule has 2 aliphatic rings. The average molecular weight is 338 g/mol. The fourth-order valence-electron chi connectivity index (χ4n) is 3.13. The molecule has 1 atom stereocenters. The molecule has 2 aromatic rings. The van der Waals surface area contributed by atoms with E-state index in [1.807, 2.05) is 0 Å². The highest BCUT2D eigenvalue weighted by Gasteiger charge is 2.43. The van der Waals surface area contributed by atoms with Crippen LogP contribution >= 0.6 is 0 Å². The maximum absolute atomic E-state index is 12.6. The summed E-state index contributed by atoms with van der Waals surface area (Å²) in [6.07, 6.45) is 3.09. The molecule has 1 aromatic carbocycles. The fourth-order valence-corrected chi connectivity index (χ4v) is 3.13. The lowest BCUT2D eigenvalue weighted by Crippen LogP contribution is -2.30. The molecule has 0 saturated carbocycles. The third kappa shape index (κ3) is 2.32. The van der Waals surface area contributed by atoms with Gasteiger partial charge in [0.15, 0.2) is 23.0 Å². The number of anilines is 1. The van der Waals surface area contributed by atoms with E-state index in [0.717, 1.165) is 0 Å². The van der Waals surface area contributed by atoms with Crippen LogP contribution < -0.4 is 14.4 Å². The number of nitrogens with zero attached hydrogens (tertiary/aromatic N) is 2. The van der Waals surface area contributed by atoms with E-state index in [9.17, 15) is 14.7 Å². The van der Waals surface area contributed by atoms with Gasteiger partial charge in [-0.15, -0.1) is 0 Å². The molecule has 1 aromatic heterocycles. The molecule has 0 saturated heterocycles. The second kappa shape index (κ2) is 5.62. The topological polar surface area (TPSA) is 89.0 Å². The van der Waals surface area contributed by atoms with E-state index in [2.05, 4.69) is 4.98 Å². The lowest BCUT2D eigenvalue weighted by molar-refractivity contribution is -0.117. The standard InChI is InChI=1S/C18H14N2O5/c1-10(21)15-16(11-4-5-13-14(7-11)25-9-24-13)20(18(23)17(15)22)12-3-2-6-19-8-12/h2-8,16,22H,9H2,1H3/t16-/m1/s1. The maximum Gasteiger partial charge on any atom is 0.294 e. The largest absolute Gasteiger partial charge is 0.503 e. The lowest BCUT2D eigenvalue weighted by Gasteiger charge is -2.26. The Labute approximate surface area is 143 Å². The van der Waals surface area contributed by atoms with Crippen LogP contribution in [0.4, 0.5) is 5.69 Å². The Bertz CT molecular complexity index is 907. The lowest BCUT2D eigenvalue weighted by atomic mass is 9.96. The van der Waals surface area contributed by atoms with Gasteiger partial charge in [-0.3, -0.25) is 19.5 Å².